The molecule has 0 aliphatic carbocycles. The molecule has 1 fully saturated rings. The molecule has 3 rings (SSSR count). The van der Waals surface area contributed by atoms with Crippen molar-refractivity contribution in [3.63, 3.8) is 0 Å². The maximum absolute atomic E-state index is 12.4. The summed E-state index contributed by atoms with van der Waals surface area (Å²) in [7, 11) is 0. The Bertz CT molecular complexity index is 697. The maximum Gasteiger partial charge on any atom is 0.321 e. The molecule has 24 heavy (non-hydrogen) atoms. The van der Waals surface area contributed by atoms with Crippen LogP contribution in [0, 0.1) is 19.8 Å². The van der Waals surface area contributed by atoms with Crippen molar-refractivity contribution in [3.05, 3.63) is 35.6 Å². The van der Waals surface area contributed by atoms with E-state index in [2.05, 4.69) is 25.8 Å². The molecule has 0 spiro atoms. The Morgan fingerprint density at radius 1 is 1.33 bits per heavy atom. The SMILES string of the molecule is Cc1ccnc(NC(=O)N[C@@H](c2nc(C)no2)C2CCOCC2)c1. The number of amides is 2. The van der Waals surface area contributed by atoms with Crippen LogP contribution in [0.2, 0.25) is 0 Å². The summed E-state index contributed by atoms with van der Waals surface area (Å²) in [4.78, 5) is 20.8. The standard InChI is InChI=1S/C16H21N5O3/c1-10-3-6-17-13(9-10)19-16(22)20-14(12-4-7-23-8-5-12)15-18-11(2)21-24-15/h3,6,9,12,14H,4-5,7-8H2,1-2H3,(H2,17,19,20,22)/t14-/m1/s1. The van der Waals surface area contributed by atoms with Gasteiger partial charge in [0.15, 0.2) is 5.82 Å². The lowest BCUT2D eigenvalue weighted by Crippen LogP contribution is -2.38. The lowest BCUT2D eigenvalue weighted by Gasteiger charge is -2.28. The van der Waals surface area contributed by atoms with Crippen LogP contribution < -0.4 is 10.6 Å². The van der Waals surface area contributed by atoms with Gasteiger partial charge in [0.2, 0.25) is 5.89 Å². The topological polar surface area (TPSA) is 102 Å². The van der Waals surface area contributed by atoms with Gasteiger partial charge in [-0.05, 0) is 50.3 Å². The van der Waals surface area contributed by atoms with E-state index in [9.17, 15) is 4.79 Å². The highest BCUT2D eigenvalue weighted by molar-refractivity contribution is 5.88. The van der Waals surface area contributed by atoms with Gasteiger partial charge in [-0.25, -0.2) is 9.78 Å². The van der Waals surface area contributed by atoms with E-state index >= 15 is 0 Å². The van der Waals surface area contributed by atoms with Gasteiger partial charge in [-0.15, -0.1) is 0 Å². The van der Waals surface area contributed by atoms with Crippen LogP contribution in [0.1, 0.15) is 36.2 Å². The summed E-state index contributed by atoms with van der Waals surface area (Å²) in [5, 5.41) is 9.52. The smallest absolute Gasteiger partial charge is 0.321 e. The number of rotatable bonds is 4. The third kappa shape index (κ3) is 4.08. The Kier molecular flexibility index (Phi) is 5.05. The summed E-state index contributed by atoms with van der Waals surface area (Å²) in [6, 6.07) is 2.98. The minimum absolute atomic E-state index is 0.190. The molecule has 2 N–H and O–H groups in total. The van der Waals surface area contributed by atoms with Gasteiger partial charge in [0, 0.05) is 19.4 Å². The third-order valence-electron chi connectivity index (χ3n) is 3.99. The Hall–Kier alpha value is -2.48. The van der Waals surface area contributed by atoms with Crippen LogP contribution in [0.3, 0.4) is 0 Å². The second-order valence-corrected chi connectivity index (χ2v) is 5.92. The number of hydrogen-bond donors (Lipinski definition) is 2. The van der Waals surface area contributed by atoms with Gasteiger partial charge in [0.25, 0.3) is 0 Å². The molecule has 2 amide bonds. The minimum Gasteiger partial charge on any atom is -0.381 e. The van der Waals surface area contributed by atoms with Crippen molar-refractivity contribution in [1.82, 2.24) is 20.4 Å². The van der Waals surface area contributed by atoms with Gasteiger partial charge >= 0.3 is 6.03 Å². The summed E-state index contributed by atoms with van der Waals surface area (Å²) in [5.74, 6) is 1.66. The van der Waals surface area contributed by atoms with Crippen molar-refractivity contribution in [3.8, 4) is 0 Å². The monoisotopic (exact) mass is 331 g/mol. The van der Waals surface area contributed by atoms with Crippen LogP contribution in [0.15, 0.2) is 22.9 Å². The fraction of sp³-hybridized carbons (Fsp3) is 0.500. The Balaban J connectivity index is 1.72. The van der Waals surface area contributed by atoms with Gasteiger partial charge in [0.05, 0.1) is 0 Å². The molecule has 1 saturated heterocycles. The second kappa shape index (κ2) is 7.39. The van der Waals surface area contributed by atoms with Crippen molar-refractivity contribution in [2.24, 2.45) is 5.92 Å². The van der Waals surface area contributed by atoms with Crippen molar-refractivity contribution in [2.45, 2.75) is 32.7 Å². The van der Waals surface area contributed by atoms with E-state index in [-0.39, 0.29) is 18.0 Å². The third-order valence-corrected chi connectivity index (χ3v) is 3.99. The molecular formula is C16H21N5O3. The summed E-state index contributed by atoms with van der Waals surface area (Å²) >= 11 is 0. The van der Waals surface area contributed by atoms with Crippen molar-refractivity contribution < 1.29 is 14.1 Å². The molecule has 2 aromatic heterocycles. The average molecular weight is 331 g/mol. The van der Waals surface area contributed by atoms with Gasteiger partial charge in [-0.3, -0.25) is 5.32 Å². The van der Waals surface area contributed by atoms with Crippen LogP contribution in [-0.2, 0) is 4.74 Å². The quantitative estimate of drug-likeness (QED) is 0.892. The van der Waals surface area contributed by atoms with Crippen molar-refractivity contribution in [1.29, 1.82) is 0 Å². The van der Waals surface area contributed by atoms with Gasteiger partial charge in [0.1, 0.15) is 11.9 Å². The first-order valence-corrected chi connectivity index (χ1v) is 8.00. The number of urea groups is 1. The number of pyridine rings is 1. The number of anilines is 1. The molecule has 1 aliphatic heterocycles. The van der Waals surface area contributed by atoms with E-state index in [4.69, 9.17) is 9.26 Å². The Morgan fingerprint density at radius 2 is 2.12 bits per heavy atom. The molecule has 128 valence electrons. The molecule has 8 nitrogen and oxygen atoms in total. The Labute approximate surface area is 140 Å². The molecule has 8 heteroatoms. The molecule has 1 atom stereocenters. The zero-order chi connectivity index (χ0) is 16.9. The largest absolute Gasteiger partial charge is 0.381 e. The van der Waals surface area contributed by atoms with E-state index in [0.717, 1.165) is 18.4 Å². The molecular weight excluding hydrogens is 310 g/mol. The average Bonchev–Trinajstić information content (AvgIpc) is 3.00. The number of hydrogen-bond acceptors (Lipinski definition) is 6. The minimum atomic E-state index is -0.347. The van der Waals surface area contributed by atoms with Gasteiger partial charge in [-0.2, -0.15) is 4.98 Å². The first-order valence-electron chi connectivity index (χ1n) is 8.00. The molecule has 0 saturated carbocycles. The number of nitrogens with one attached hydrogen (secondary N) is 2. The molecule has 2 aromatic rings. The fourth-order valence-corrected chi connectivity index (χ4v) is 2.77. The van der Waals surface area contributed by atoms with Crippen molar-refractivity contribution in [2.75, 3.05) is 18.5 Å². The number of nitrogens with zero attached hydrogens (tertiary/aromatic N) is 3. The van der Waals surface area contributed by atoms with E-state index < -0.39 is 0 Å². The number of ether oxygens (including phenoxy) is 1. The maximum atomic E-state index is 12.4. The lowest BCUT2D eigenvalue weighted by molar-refractivity contribution is 0.0506. The van der Waals surface area contributed by atoms with E-state index in [1.165, 1.54) is 0 Å². The zero-order valence-corrected chi connectivity index (χ0v) is 13.8. The molecule has 0 radical (unpaired) electrons. The molecule has 3 heterocycles. The van der Waals surface area contributed by atoms with E-state index in [1.807, 2.05) is 13.0 Å². The Morgan fingerprint density at radius 3 is 2.79 bits per heavy atom. The van der Waals surface area contributed by atoms with Gasteiger partial charge in [-0.1, -0.05) is 5.16 Å². The van der Waals surface area contributed by atoms with Crippen LogP contribution in [0.25, 0.3) is 0 Å². The molecule has 0 aromatic carbocycles. The highest BCUT2D eigenvalue weighted by Gasteiger charge is 2.31. The summed E-state index contributed by atoms with van der Waals surface area (Å²) in [6.45, 7) is 5.02. The van der Waals surface area contributed by atoms with E-state index in [0.29, 0.717) is 30.7 Å². The number of carbonyl (C=O) groups is 1. The molecule has 0 bridgehead atoms. The second-order valence-electron chi connectivity index (χ2n) is 5.92. The number of aromatic nitrogens is 3. The summed E-state index contributed by atoms with van der Waals surface area (Å²) < 4.78 is 10.7. The highest BCUT2D eigenvalue weighted by Crippen LogP contribution is 2.29. The molecule has 1 aliphatic rings. The lowest BCUT2D eigenvalue weighted by atomic mass is 9.91. The predicted octanol–water partition coefficient (Wildman–Crippen LogP) is 2.37. The number of carbonyl (C=O) groups excluding carboxylic acids is 1. The van der Waals surface area contributed by atoms with Crippen LogP contribution in [0.5, 0.6) is 0 Å². The van der Waals surface area contributed by atoms with Gasteiger partial charge < -0.3 is 14.6 Å². The zero-order valence-electron chi connectivity index (χ0n) is 13.8. The van der Waals surface area contributed by atoms with Crippen molar-refractivity contribution >= 4 is 11.8 Å². The van der Waals surface area contributed by atoms with Crippen LogP contribution in [-0.4, -0.2) is 34.4 Å². The first kappa shape index (κ1) is 16.4. The predicted molar refractivity (Wildman–Crippen MR) is 86.4 cm³/mol. The summed E-state index contributed by atoms with van der Waals surface area (Å²) in [6.07, 6.45) is 3.31. The van der Waals surface area contributed by atoms with Crippen LogP contribution >= 0.6 is 0 Å². The summed E-state index contributed by atoms with van der Waals surface area (Å²) in [5.41, 5.74) is 1.02. The normalized spacial score (nSPS) is 16.6. The van der Waals surface area contributed by atoms with E-state index in [1.54, 1.807) is 19.2 Å². The van der Waals surface area contributed by atoms with Crippen LogP contribution in [0.4, 0.5) is 10.6 Å². The number of aryl methyl sites for hydroxylation is 2. The fourth-order valence-electron chi connectivity index (χ4n) is 2.77. The highest BCUT2D eigenvalue weighted by atomic mass is 16.5. The first-order chi connectivity index (χ1) is 11.6. The molecule has 0 unspecified atom stereocenters.